The van der Waals surface area contributed by atoms with Crippen LogP contribution in [0.5, 0.6) is 0 Å². The molecule has 1 aliphatic heterocycles. The number of ether oxygens (including phenoxy) is 1. The van der Waals surface area contributed by atoms with Gasteiger partial charge in [-0.15, -0.1) is 12.4 Å². The van der Waals surface area contributed by atoms with Crippen molar-refractivity contribution in [3.63, 3.8) is 0 Å². The van der Waals surface area contributed by atoms with E-state index in [1.165, 1.54) is 11.1 Å². The number of carbonyl (C=O) groups is 2. The Morgan fingerprint density at radius 3 is 2.43 bits per heavy atom. The van der Waals surface area contributed by atoms with E-state index >= 15 is 0 Å². The Balaban J connectivity index is 0.00000280. The Labute approximate surface area is 173 Å². The van der Waals surface area contributed by atoms with Gasteiger partial charge in [0.25, 0.3) is 0 Å². The molecular weight excluding hydrogens is 378 g/mol. The van der Waals surface area contributed by atoms with Gasteiger partial charge in [0.1, 0.15) is 0 Å². The number of hydrogen-bond donors (Lipinski definition) is 1. The molecule has 2 N–H and O–H groups in total. The first-order valence-electron chi connectivity index (χ1n) is 9.79. The summed E-state index contributed by atoms with van der Waals surface area (Å²) in [4.78, 5) is 29.0. The lowest BCUT2D eigenvalue weighted by atomic mass is 9.83. The summed E-state index contributed by atoms with van der Waals surface area (Å²) in [6.07, 6.45) is 2.25. The second kappa shape index (κ2) is 9.72. The van der Waals surface area contributed by atoms with E-state index in [0.717, 1.165) is 18.4 Å². The van der Waals surface area contributed by atoms with E-state index in [9.17, 15) is 9.59 Å². The van der Waals surface area contributed by atoms with Gasteiger partial charge in [0, 0.05) is 38.7 Å². The molecule has 7 heteroatoms. The molecule has 0 spiro atoms. The minimum absolute atomic E-state index is 0. The van der Waals surface area contributed by atoms with Crippen LogP contribution in [0.25, 0.3) is 0 Å². The second-order valence-corrected chi connectivity index (χ2v) is 8.02. The summed E-state index contributed by atoms with van der Waals surface area (Å²) in [5.74, 6) is -0.00629. The van der Waals surface area contributed by atoms with Crippen LogP contribution in [0.15, 0.2) is 18.2 Å². The number of amides is 2. The van der Waals surface area contributed by atoms with Crippen LogP contribution in [0.2, 0.25) is 0 Å². The normalized spacial score (nSPS) is 25.4. The standard InChI is InChI=1S/C21H31N3O3.ClH/c1-14-8-15(2)10-16(9-14)12-23-6-7-24(13-20(23)25)21(26)17-4-5-19(27-3)18(22)11-17;/h8-10,17-19H,4-7,11-13,22H2,1-3H3;1H/t17-,18+,19+;/m0./s1. The number of halogens is 1. The van der Waals surface area contributed by atoms with Gasteiger partial charge in [-0.1, -0.05) is 29.3 Å². The van der Waals surface area contributed by atoms with Crippen molar-refractivity contribution >= 4 is 24.2 Å². The molecule has 0 unspecified atom stereocenters. The number of methoxy groups -OCH3 is 1. The third-order valence-corrected chi connectivity index (χ3v) is 5.77. The molecule has 1 saturated heterocycles. The monoisotopic (exact) mass is 409 g/mol. The molecule has 156 valence electrons. The van der Waals surface area contributed by atoms with Crippen molar-refractivity contribution in [3.8, 4) is 0 Å². The number of nitrogens with zero attached hydrogens (tertiary/aromatic N) is 2. The number of hydrogen-bond acceptors (Lipinski definition) is 4. The van der Waals surface area contributed by atoms with Crippen molar-refractivity contribution in [2.45, 2.75) is 51.8 Å². The van der Waals surface area contributed by atoms with Crippen molar-refractivity contribution in [2.75, 3.05) is 26.7 Å². The van der Waals surface area contributed by atoms with Gasteiger partial charge in [-0.2, -0.15) is 0 Å². The first-order chi connectivity index (χ1) is 12.9. The molecule has 1 saturated carbocycles. The average molecular weight is 410 g/mol. The quantitative estimate of drug-likeness (QED) is 0.825. The summed E-state index contributed by atoms with van der Waals surface area (Å²) >= 11 is 0. The predicted octanol–water partition coefficient (Wildman–Crippen LogP) is 2.04. The van der Waals surface area contributed by atoms with Crippen LogP contribution in [-0.2, 0) is 20.9 Å². The van der Waals surface area contributed by atoms with Crippen LogP contribution in [0.1, 0.15) is 36.0 Å². The van der Waals surface area contributed by atoms with Crippen molar-refractivity contribution in [1.29, 1.82) is 0 Å². The molecule has 28 heavy (non-hydrogen) atoms. The van der Waals surface area contributed by atoms with Crippen molar-refractivity contribution in [2.24, 2.45) is 11.7 Å². The molecule has 2 aliphatic rings. The molecule has 0 aromatic heterocycles. The molecule has 2 fully saturated rings. The third kappa shape index (κ3) is 5.25. The molecule has 0 radical (unpaired) electrons. The number of rotatable bonds is 4. The highest BCUT2D eigenvalue weighted by Crippen LogP contribution is 2.27. The summed E-state index contributed by atoms with van der Waals surface area (Å²) in [6, 6.07) is 6.26. The van der Waals surface area contributed by atoms with Gasteiger partial charge in [0.05, 0.1) is 12.6 Å². The van der Waals surface area contributed by atoms with Gasteiger partial charge in [0.15, 0.2) is 0 Å². The number of carbonyl (C=O) groups excluding carboxylic acids is 2. The highest BCUT2D eigenvalue weighted by Gasteiger charge is 2.36. The molecule has 1 aliphatic carbocycles. The Hall–Kier alpha value is -1.63. The Bertz CT molecular complexity index is 692. The fourth-order valence-corrected chi connectivity index (χ4v) is 4.40. The van der Waals surface area contributed by atoms with Crippen LogP contribution < -0.4 is 5.73 Å². The highest BCUT2D eigenvalue weighted by atomic mass is 35.5. The fraction of sp³-hybridized carbons (Fsp3) is 0.619. The summed E-state index contributed by atoms with van der Waals surface area (Å²) < 4.78 is 5.37. The SMILES string of the molecule is CO[C@@H]1CC[C@H](C(=O)N2CCN(Cc3cc(C)cc(C)c3)C(=O)C2)C[C@H]1N.Cl. The van der Waals surface area contributed by atoms with Crippen molar-refractivity contribution in [1.82, 2.24) is 9.80 Å². The molecule has 1 heterocycles. The van der Waals surface area contributed by atoms with Gasteiger partial charge in [0.2, 0.25) is 11.8 Å². The van der Waals surface area contributed by atoms with Crippen LogP contribution >= 0.6 is 12.4 Å². The minimum Gasteiger partial charge on any atom is -0.380 e. The number of piperazine rings is 1. The van der Waals surface area contributed by atoms with Crippen LogP contribution in [0, 0.1) is 19.8 Å². The van der Waals surface area contributed by atoms with Gasteiger partial charge in [-0.25, -0.2) is 0 Å². The first kappa shape index (κ1) is 22.7. The largest absolute Gasteiger partial charge is 0.380 e. The molecule has 3 rings (SSSR count). The van der Waals surface area contributed by atoms with E-state index in [1.54, 1.807) is 12.0 Å². The number of benzene rings is 1. The van der Waals surface area contributed by atoms with E-state index < -0.39 is 0 Å². The predicted molar refractivity (Wildman–Crippen MR) is 111 cm³/mol. The maximum atomic E-state index is 12.9. The van der Waals surface area contributed by atoms with E-state index in [-0.39, 0.29) is 48.8 Å². The lowest BCUT2D eigenvalue weighted by Crippen LogP contribution is -2.54. The zero-order chi connectivity index (χ0) is 19.6. The summed E-state index contributed by atoms with van der Waals surface area (Å²) in [5.41, 5.74) is 9.69. The summed E-state index contributed by atoms with van der Waals surface area (Å²) in [5, 5.41) is 0. The van der Waals surface area contributed by atoms with E-state index in [0.29, 0.717) is 26.1 Å². The summed E-state index contributed by atoms with van der Waals surface area (Å²) in [7, 11) is 1.67. The first-order valence-corrected chi connectivity index (χ1v) is 9.79. The highest BCUT2D eigenvalue weighted by molar-refractivity contribution is 5.87. The molecule has 0 bridgehead atoms. The third-order valence-electron chi connectivity index (χ3n) is 5.77. The molecule has 1 aromatic carbocycles. The zero-order valence-electron chi connectivity index (χ0n) is 17.0. The van der Waals surface area contributed by atoms with Crippen molar-refractivity contribution in [3.05, 3.63) is 34.9 Å². The van der Waals surface area contributed by atoms with Crippen molar-refractivity contribution < 1.29 is 14.3 Å². The van der Waals surface area contributed by atoms with Crippen LogP contribution in [-0.4, -0.2) is 60.5 Å². The smallest absolute Gasteiger partial charge is 0.242 e. The van der Waals surface area contributed by atoms with Gasteiger partial charge >= 0.3 is 0 Å². The summed E-state index contributed by atoms with van der Waals surface area (Å²) in [6.45, 7) is 6.08. The van der Waals surface area contributed by atoms with Gasteiger partial charge < -0.3 is 20.3 Å². The molecule has 6 nitrogen and oxygen atoms in total. The van der Waals surface area contributed by atoms with Crippen LogP contribution in [0.3, 0.4) is 0 Å². The van der Waals surface area contributed by atoms with Gasteiger partial charge in [-0.3, -0.25) is 9.59 Å². The molecule has 3 atom stereocenters. The Kier molecular flexibility index (Phi) is 7.87. The molecular formula is C21H32ClN3O3. The van der Waals surface area contributed by atoms with E-state index in [1.807, 2.05) is 4.90 Å². The number of aryl methyl sites for hydroxylation is 2. The lowest BCUT2D eigenvalue weighted by molar-refractivity contribution is -0.149. The second-order valence-electron chi connectivity index (χ2n) is 8.02. The molecule has 1 aromatic rings. The number of nitrogens with two attached hydrogens (primary N) is 1. The lowest BCUT2D eigenvalue weighted by Gasteiger charge is -2.38. The average Bonchev–Trinajstić information content (AvgIpc) is 2.62. The topological polar surface area (TPSA) is 75.9 Å². The van der Waals surface area contributed by atoms with E-state index in [2.05, 4.69) is 32.0 Å². The molecule has 2 amide bonds. The maximum Gasteiger partial charge on any atom is 0.242 e. The Morgan fingerprint density at radius 2 is 1.86 bits per heavy atom. The maximum absolute atomic E-state index is 12.9. The minimum atomic E-state index is -0.112. The van der Waals surface area contributed by atoms with Crippen LogP contribution in [0.4, 0.5) is 0 Å². The Morgan fingerprint density at radius 1 is 1.18 bits per heavy atom. The zero-order valence-corrected chi connectivity index (χ0v) is 17.8. The van der Waals surface area contributed by atoms with Gasteiger partial charge in [-0.05, 0) is 38.7 Å². The van der Waals surface area contributed by atoms with E-state index in [4.69, 9.17) is 10.5 Å². The fourth-order valence-electron chi connectivity index (χ4n) is 4.40.